The Bertz CT molecular complexity index is 703. The Morgan fingerprint density at radius 2 is 1.04 bits per heavy atom. The molecule has 0 atom stereocenters. The summed E-state index contributed by atoms with van der Waals surface area (Å²) in [5.74, 6) is 0. The molecule has 2 aromatic carbocycles. The summed E-state index contributed by atoms with van der Waals surface area (Å²) in [4.78, 5) is 1.85. The predicted octanol–water partition coefficient (Wildman–Crippen LogP) is 4.73. The third kappa shape index (κ3) is 3.44. The lowest BCUT2D eigenvalue weighted by Crippen LogP contribution is -2.53. The summed E-state index contributed by atoms with van der Waals surface area (Å²) in [5, 5.41) is 9.36. The summed E-state index contributed by atoms with van der Waals surface area (Å²) in [5.41, 5.74) is -4.24. The van der Waals surface area contributed by atoms with Crippen LogP contribution in [0.1, 0.15) is 5.56 Å². The second kappa shape index (κ2) is 6.25. The van der Waals surface area contributed by atoms with Crippen LogP contribution in [0.5, 0.6) is 0 Å². The van der Waals surface area contributed by atoms with Gasteiger partial charge in [0.15, 0.2) is 0 Å². The highest BCUT2D eigenvalue weighted by molar-refractivity contribution is 5.66. The quantitative estimate of drug-likeness (QED) is 0.797. The normalized spacial score (nSPS) is 13.0. The van der Waals surface area contributed by atoms with Crippen LogP contribution in [-0.2, 0) is 5.60 Å². The maximum Gasteiger partial charge on any atom is 0.430 e. The van der Waals surface area contributed by atoms with Gasteiger partial charge in [0.25, 0.3) is 5.60 Å². The summed E-state index contributed by atoms with van der Waals surface area (Å²) >= 11 is 0. The minimum absolute atomic E-state index is 0.431. The van der Waals surface area contributed by atoms with Crippen LogP contribution in [0, 0.1) is 0 Å². The summed E-state index contributed by atoms with van der Waals surface area (Å²) < 4.78 is 77.1. The molecule has 0 spiro atoms. The zero-order chi connectivity index (χ0) is 19.0. The van der Waals surface area contributed by atoms with E-state index in [9.17, 15) is 31.4 Å². The smallest absolute Gasteiger partial charge is 0.378 e. The van der Waals surface area contributed by atoms with E-state index in [2.05, 4.69) is 0 Å². The van der Waals surface area contributed by atoms with Gasteiger partial charge in [-0.1, -0.05) is 36.4 Å². The third-order valence-corrected chi connectivity index (χ3v) is 3.84. The van der Waals surface area contributed by atoms with Gasteiger partial charge in [-0.05, 0) is 23.3 Å². The van der Waals surface area contributed by atoms with Gasteiger partial charge in [-0.3, -0.25) is 0 Å². The van der Waals surface area contributed by atoms with Gasteiger partial charge in [-0.15, -0.1) is 0 Å². The van der Waals surface area contributed by atoms with Crippen molar-refractivity contribution >= 4 is 5.69 Å². The molecule has 0 saturated carbocycles. The molecule has 136 valence electrons. The molecule has 0 aliphatic heterocycles. The van der Waals surface area contributed by atoms with Gasteiger partial charge >= 0.3 is 12.4 Å². The third-order valence-electron chi connectivity index (χ3n) is 3.84. The first-order valence-electron chi connectivity index (χ1n) is 7.12. The lowest BCUT2D eigenvalue weighted by Gasteiger charge is -2.32. The van der Waals surface area contributed by atoms with Gasteiger partial charge in [-0.2, -0.15) is 26.3 Å². The van der Waals surface area contributed by atoms with E-state index in [1.807, 2.05) is 19.0 Å². The molecular formula is C17H15F6NO. The summed E-state index contributed by atoms with van der Waals surface area (Å²) in [6.07, 6.45) is -11.8. The van der Waals surface area contributed by atoms with Gasteiger partial charge in [0, 0.05) is 25.3 Å². The molecule has 0 bridgehead atoms. The fraction of sp³-hybridized carbons (Fsp3) is 0.294. The minimum atomic E-state index is -5.89. The molecule has 1 N–H and O–H groups in total. The van der Waals surface area contributed by atoms with E-state index in [1.165, 1.54) is 0 Å². The van der Waals surface area contributed by atoms with Crippen LogP contribution in [0.2, 0.25) is 0 Å². The van der Waals surface area contributed by atoms with Crippen molar-refractivity contribution in [1.82, 2.24) is 0 Å². The predicted molar refractivity (Wildman–Crippen MR) is 82.2 cm³/mol. The molecule has 2 aromatic rings. The van der Waals surface area contributed by atoms with Gasteiger partial charge in [0.05, 0.1) is 0 Å². The van der Waals surface area contributed by atoms with Crippen LogP contribution >= 0.6 is 0 Å². The SMILES string of the molecule is CN(C)c1ccc(-c2ccc(C(O)(C(F)(F)F)C(F)(F)F)cc2)cc1. The highest BCUT2D eigenvalue weighted by Crippen LogP contribution is 2.50. The lowest BCUT2D eigenvalue weighted by molar-refractivity contribution is -0.376. The highest BCUT2D eigenvalue weighted by atomic mass is 19.4. The van der Waals surface area contributed by atoms with E-state index in [0.29, 0.717) is 23.3 Å². The standard InChI is InChI=1S/C17H15F6NO/c1-24(2)14-9-5-12(6-10-14)11-3-7-13(8-4-11)15(25,16(18,19)20)17(21,22)23/h3-10,25H,1-2H3. The first kappa shape index (κ1) is 19.1. The van der Waals surface area contributed by atoms with Gasteiger partial charge in [0.1, 0.15) is 0 Å². The summed E-state index contributed by atoms with van der Waals surface area (Å²) in [6.45, 7) is 0. The molecule has 2 rings (SSSR count). The van der Waals surface area contributed by atoms with Crippen molar-refractivity contribution in [2.24, 2.45) is 0 Å². The van der Waals surface area contributed by atoms with Crippen LogP contribution in [-0.4, -0.2) is 31.6 Å². The number of halogens is 6. The molecule has 0 aliphatic rings. The molecule has 0 fully saturated rings. The van der Waals surface area contributed by atoms with Crippen molar-refractivity contribution in [1.29, 1.82) is 0 Å². The van der Waals surface area contributed by atoms with Gasteiger partial charge in [0.2, 0.25) is 0 Å². The fourth-order valence-corrected chi connectivity index (χ4v) is 2.34. The number of anilines is 1. The Hall–Kier alpha value is -2.22. The summed E-state index contributed by atoms with van der Waals surface area (Å²) in [7, 11) is 3.66. The molecule has 25 heavy (non-hydrogen) atoms. The molecule has 0 aliphatic carbocycles. The van der Waals surface area contributed by atoms with E-state index >= 15 is 0 Å². The molecule has 0 radical (unpaired) electrons. The zero-order valence-electron chi connectivity index (χ0n) is 13.3. The van der Waals surface area contributed by atoms with Crippen LogP contribution in [0.25, 0.3) is 11.1 Å². The number of alkyl halides is 6. The van der Waals surface area contributed by atoms with Gasteiger partial charge < -0.3 is 10.0 Å². The van der Waals surface area contributed by atoms with Crippen LogP contribution in [0.15, 0.2) is 48.5 Å². The first-order chi connectivity index (χ1) is 11.4. The zero-order valence-corrected chi connectivity index (χ0v) is 13.3. The van der Waals surface area contributed by atoms with E-state index in [4.69, 9.17) is 0 Å². The van der Waals surface area contributed by atoms with Crippen molar-refractivity contribution in [3.63, 3.8) is 0 Å². The van der Waals surface area contributed by atoms with Crippen molar-refractivity contribution in [2.45, 2.75) is 18.0 Å². The highest BCUT2D eigenvalue weighted by Gasteiger charge is 2.71. The molecule has 2 nitrogen and oxygen atoms in total. The number of hydrogen-bond donors (Lipinski definition) is 1. The van der Waals surface area contributed by atoms with E-state index in [1.54, 1.807) is 24.3 Å². The Morgan fingerprint density at radius 3 is 1.36 bits per heavy atom. The number of rotatable bonds is 3. The minimum Gasteiger partial charge on any atom is -0.378 e. The lowest BCUT2D eigenvalue weighted by atomic mass is 9.90. The molecular weight excluding hydrogens is 348 g/mol. The van der Waals surface area contributed by atoms with Crippen LogP contribution in [0.4, 0.5) is 32.0 Å². The van der Waals surface area contributed by atoms with Crippen molar-refractivity contribution in [3.8, 4) is 11.1 Å². The number of aliphatic hydroxyl groups is 1. The Labute approximate surface area is 140 Å². The fourth-order valence-electron chi connectivity index (χ4n) is 2.34. The molecule has 0 heterocycles. The molecule has 0 unspecified atom stereocenters. The number of nitrogens with zero attached hydrogens (tertiary/aromatic N) is 1. The molecule has 8 heteroatoms. The summed E-state index contributed by atoms with van der Waals surface area (Å²) in [6, 6.07) is 10.4. The largest absolute Gasteiger partial charge is 0.430 e. The average Bonchev–Trinajstić information content (AvgIpc) is 2.52. The van der Waals surface area contributed by atoms with Crippen molar-refractivity contribution < 1.29 is 31.4 Å². The Kier molecular flexibility index (Phi) is 4.78. The maximum atomic E-state index is 12.9. The van der Waals surface area contributed by atoms with Crippen LogP contribution < -0.4 is 4.90 Å². The van der Waals surface area contributed by atoms with Gasteiger partial charge in [-0.25, -0.2) is 0 Å². The molecule has 0 aromatic heterocycles. The molecule has 0 saturated heterocycles. The maximum absolute atomic E-state index is 12.9. The van der Waals surface area contributed by atoms with E-state index < -0.39 is 23.5 Å². The van der Waals surface area contributed by atoms with Crippen molar-refractivity contribution in [2.75, 3.05) is 19.0 Å². The Balaban J connectivity index is 2.41. The first-order valence-corrected chi connectivity index (χ1v) is 7.12. The second-order valence-electron chi connectivity index (χ2n) is 5.72. The number of hydrogen-bond acceptors (Lipinski definition) is 2. The van der Waals surface area contributed by atoms with Crippen molar-refractivity contribution in [3.05, 3.63) is 54.1 Å². The number of benzene rings is 2. The topological polar surface area (TPSA) is 23.5 Å². The van der Waals surface area contributed by atoms with Crippen LogP contribution in [0.3, 0.4) is 0 Å². The Morgan fingerprint density at radius 1 is 0.680 bits per heavy atom. The second-order valence-corrected chi connectivity index (χ2v) is 5.72. The molecule has 0 amide bonds. The monoisotopic (exact) mass is 363 g/mol. The van der Waals surface area contributed by atoms with E-state index in [-0.39, 0.29) is 0 Å². The van der Waals surface area contributed by atoms with E-state index in [0.717, 1.165) is 17.8 Å². The average molecular weight is 363 g/mol.